The molecule has 3 N–H and O–H groups in total. The lowest BCUT2D eigenvalue weighted by Crippen LogP contribution is -2.14. The van der Waals surface area contributed by atoms with Crippen LogP contribution < -0.4 is 10.0 Å². The number of aryl methyl sites for hydroxylation is 2. The van der Waals surface area contributed by atoms with E-state index >= 15 is 0 Å². The van der Waals surface area contributed by atoms with Gasteiger partial charge < -0.3 is 5.32 Å². The smallest absolute Gasteiger partial charge is 0.264 e. The van der Waals surface area contributed by atoms with E-state index in [0.717, 1.165) is 37.7 Å². The van der Waals surface area contributed by atoms with E-state index in [1.807, 2.05) is 6.07 Å². The molecule has 1 heterocycles. The lowest BCUT2D eigenvalue weighted by molar-refractivity contribution is 0.600. The summed E-state index contributed by atoms with van der Waals surface area (Å²) >= 11 is 0. The fourth-order valence-corrected chi connectivity index (χ4v) is 3.69. The van der Waals surface area contributed by atoms with Crippen LogP contribution in [0.2, 0.25) is 0 Å². The summed E-state index contributed by atoms with van der Waals surface area (Å²) in [5.41, 5.74) is 2.37. The summed E-state index contributed by atoms with van der Waals surface area (Å²) in [4.78, 5) is 4.37. The number of H-pyrrole nitrogens is 1. The maximum atomic E-state index is 12.4. The normalized spacial score (nSPS) is 17.3. The molecule has 0 saturated heterocycles. The molecular weight excluding hydrogens is 302 g/mol. The minimum absolute atomic E-state index is 0.128. The van der Waals surface area contributed by atoms with Gasteiger partial charge in [-0.05, 0) is 55.4 Å². The molecule has 0 radical (unpaired) electrons. The number of anilines is 2. The van der Waals surface area contributed by atoms with E-state index in [0.29, 0.717) is 12.0 Å². The fourth-order valence-electron chi connectivity index (χ4n) is 2.68. The minimum atomic E-state index is -3.65. The second kappa shape index (κ2) is 4.98. The van der Waals surface area contributed by atoms with Gasteiger partial charge in [-0.1, -0.05) is 6.07 Å². The zero-order chi connectivity index (χ0) is 15.2. The van der Waals surface area contributed by atoms with Crippen molar-refractivity contribution in [1.82, 2.24) is 15.2 Å². The van der Waals surface area contributed by atoms with Gasteiger partial charge in [0.15, 0.2) is 0 Å². The monoisotopic (exact) mass is 319 g/mol. The van der Waals surface area contributed by atoms with Crippen molar-refractivity contribution in [2.75, 3.05) is 10.0 Å². The van der Waals surface area contributed by atoms with Crippen molar-refractivity contribution in [3.8, 4) is 0 Å². The first-order chi connectivity index (χ1) is 10.6. The van der Waals surface area contributed by atoms with Crippen molar-refractivity contribution < 1.29 is 8.42 Å². The Morgan fingerprint density at radius 2 is 2.00 bits per heavy atom. The Balaban J connectivity index is 1.54. The highest BCUT2D eigenvalue weighted by Crippen LogP contribution is 2.26. The van der Waals surface area contributed by atoms with Gasteiger partial charge in [-0.2, -0.15) is 4.98 Å². The molecule has 0 bridgehead atoms. The standard InChI is InChI=1S/C14H17N5O2S/c20-22(21,12-7-4-9-2-1-3-10(9)8-12)19-14-16-13(17-18-14)15-11-5-6-11/h4,7-8,11H,1-3,5-6H2,(H3,15,16,17,18,19). The molecule has 1 saturated carbocycles. The lowest BCUT2D eigenvalue weighted by atomic mass is 10.1. The Morgan fingerprint density at radius 3 is 2.82 bits per heavy atom. The number of hydrogen-bond acceptors (Lipinski definition) is 5. The molecule has 1 aromatic heterocycles. The first-order valence-corrected chi connectivity index (χ1v) is 8.92. The Kier molecular flexibility index (Phi) is 3.07. The highest BCUT2D eigenvalue weighted by molar-refractivity contribution is 7.92. The molecule has 2 aromatic rings. The van der Waals surface area contributed by atoms with Gasteiger partial charge in [0.05, 0.1) is 4.90 Å². The summed E-state index contributed by atoms with van der Waals surface area (Å²) in [5.74, 6) is 0.554. The molecule has 22 heavy (non-hydrogen) atoms. The summed E-state index contributed by atoms with van der Waals surface area (Å²) in [6, 6.07) is 5.71. The molecule has 0 spiro atoms. The highest BCUT2D eigenvalue weighted by atomic mass is 32.2. The molecular formula is C14H17N5O2S. The number of aromatic nitrogens is 3. The number of rotatable bonds is 5. The fraction of sp³-hybridized carbons (Fsp3) is 0.429. The summed E-state index contributed by atoms with van der Waals surface area (Å²) in [6.45, 7) is 0. The van der Waals surface area contributed by atoms with Crippen molar-refractivity contribution in [2.45, 2.75) is 43.0 Å². The van der Waals surface area contributed by atoms with Gasteiger partial charge in [0.25, 0.3) is 10.0 Å². The van der Waals surface area contributed by atoms with E-state index in [4.69, 9.17) is 0 Å². The second-order valence-electron chi connectivity index (χ2n) is 5.82. The summed E-state index contributed by atoms with van der Waals surface area (Å²) in [6.07, 6.45) is 5.26. The first-order valence-electron chi connectivity index (χ1n) is 7.44. The number of fused-ring (bicyclic) bond motifs is 1. The number of hydrogen-bond donors (Lipinski definition) is 3. The first kappa shape index (κ1) is 13.6. The number of benzene rings is 1. The van der Waals surface area contributed by atoms with Crippen molar-refractivity contribution >= 4 is 21.9 Å². The second-order valence-corrected chi connectivity index (χ2v) is 7.50. The van der Waals surface area contributed by atoms with E-state index in [1.54, 1.807) is 12.1 Å². The molecule has 0 aliphatic heterocycles. The van der Waals surface area contributed by atoms with E-state index in [2.05, 4.69) is 25.2 Å². The molecule has 0 amide bonds. The largest absolute Gasteiger partial charge is 0.350 e. The quantitative estimate of drug-likeness (QED) is 0.778. The topological polar surface area (TPSA) is 99.8 Å². The van der Waals surface area contributed by atoms with E-state index < -0.39 is 10.0 Å². The number of aromatic amines is 1. The maximum Gasteiger partial charge on any atom is 0.264 e. The molecule has 116 valence electrons. The summed E-state index contributed by atoms with van der Waals surface area (Å²) < 4.78 is 27.3. The van der Waals surface area contributed by atoms with Crippen LogP contribution in [-0.2, 0) is 22.9 Å². The molecule has 7 nitrogen and oxygen atoms in total. The zero-order valence-electron chi connectivity index (χ0n) is 12.0. The molecule has 8 heteroatoms. The molecule has 4 rings (SSSR count). The van der Waals surface area contributed by atoms with Crippen LogP contribution in [0.4, 0.5) is 11.9 Å². The molecule has 2 aliphatic carbocycles. The van der Waals surface area contributed by atoms with Crippen LogP contribution in [0.3, 0.4) is 0 Å². The summed E-state index contributed by atoms with van der Waals surface area (Å²) in [5, 5.41) is 9.67. The third-order valence-corrected chi connectivity index (χ3v) is 5.34. The Bertz CT molecular complexity index is 810. The van der Waals surface area contributed by atoms with Gasteiger partial charge >= 0.3 is 0 Å². The third kappa shape index (κ3) is 2.66. The van der Waals surface area contributed by atoms with Gasteiger partial charge in [-0.25, -0.2) is 18.2 Å². The Morgan fingerprint density at radius 1 is 1.18 bits per heavy atom. The number of nitrogens with one attached hydrogen (secondary N) is 3. The van der Waals surface area contributed by atoms with Gasteiger partial charge in [0.1, 0.15) is 0 Å². The van der Waals surface area contributed by atoms with Gasteiger partial charge in [-0.3, -0.25) is 0 Å². The Hall–Kier alpha value is -2.09. The lowest BCUT2D eigenvalue weighted by Gasteiger charge is -2.07. The van der Waals surface area contributed by atoms with E-state index in [9.17, 15) is 8.42 Å². The van der Waals surface area contributed by atoms with Crippen LogP contribution in [0.15, 0.2) is 23.1 Å². The predicted octanol–water partition coefficient (Wildman–Crippen LogP) is 1.67. The van der Waals surface area contributed by atoms with Crippen LogP contribution >= 0.6 is 0 Å². The van der Waals surface area contributed by atoms with Gasteiger partial charge in [0, 0.05) is 6.04 Å². The van der Waals surface area contributed by atoms with E-state index in [-0.39, 0.29) is 10.8 Å². The van der Waals surface area contributed by atoms with Crippen LogP contribution in [0.25, 0.3) is 0 Å². The zero-order valence-corrected chi connectivity index (χ0v) is 12.8. The van der Waals surface area contributed by atoms with Crippen LogP contribution in [0, 0.1) is 0 Å². The SMILES string of the molecule is O=S(=O)(Nc1nc(NC2CC2)n[nH]1)c1ccc2c(c1)CCC2. The van der Waals surface area contributed by atoms with Crippen molar-refractivity contribution in [1.29, 1.82) is 0 Å². The number of nitrogens with zero attached hydrogens (tertiary/aromatic N) is 2. The molecule has 1 aromatic carbocycles. The van der Waals surface area contributed by atoms with Crippen molar-refractivity contribution in [3.63, 3.8) is 0 Å². The predicted molar refractivity (Wildman–Crippen MR) is 82.3 cm³/mol. The summed E-state index contributed by atoms with van der Waals surface area (Å²) in [7, 11) is -3.65. The molecule has 0 atom stereocenters. The minimum Gasteiger partial charge on any atom is -0.350 e. The average molecular weight is 319 g/mol. The highest BCUT2D eigenvalue weighted by Gasteiger charge is 2.23. The van der Waals surface area contributed by atoms with Gasteiger partial charge in [0.2, 0.25) is 11.9 Å². The molecule has 2 aliphatic rings. The van der Waals surface area contributed by atoms with Crippen molar-refractivity contribution in [2.24, 2.45) is 0 Å². The van der Waals surface area contributed by atoms with Gasteiger partial charge in [-0.15, -0.1) is 5.10 Å². The van der Waals surface area contributed by atoms with Crippen LogP contribution in [0.1, 0.15) is 30.4 Å². The Labute approximate surface area is 128 Å². The third-order valence-electron chi connectivity index (χ3n) is 4.01. The molecule has 0 unspecified atom stereocenters. The molecule has 1 fully saturated rings. The van der Waals surface area contributed by atoms with Crippen LogP contribution in [-0.4, -0.2) is 29.6 Å². The maximum absolute atomic E-state index is 12.4. The number of sulfonamides is 1. The van der Waals surface area contributed by atoms with Crippen molar-refractivity contribution in [3.05, 3.63) is 29.3 Å². The average Bonchev–Trinajstić information content (AvgIpc) is 2.99. The van der Waals surface area contributed by atoms with Crippen LogP contribution in [0.5, 0.6) is 0 Å². The van der Waals surface area contributed by atoms with E-state index in [1.165, 1.54) is 5.56 Å².